The molecule has 0 aliphatic carbocycles. The summed E-state index contributed by atoms with van der Waals surface area (Å²) < 4.78 is 4.99. The van der Waals surface area contributed by atoms with Crippen molar-refractivity contribution in [3.63, 3.8) is 0 Å². The van der Waals surface area contributed by atoms with E-state index in [0.717, 1.165) is 11.3 Å². The summed E-state index contributed by atoms with van der Waals surface area (Å²) in [4.78, 5) is 26.0. The summed E-state index contributed by atoms with van der Waals surface area (Å²) in [6, 6.07) is 1.31. The van der Waals surface area contributed by atoms with Crippen LogP contribution in [0.5, 0.6) is 0 Å². The number of hydrogen-bond acceptors (Lipinski definition) is 4. The van der Waals surface area contributed by atoms with Gasteiger partial charge in [0.1, 0.15) is 11.3 Å². The van der Waals surface area contributed by atoms with E-state index in [-0.39, 0.29) is 17.5 Å². The maximum Gasteiger partial charge on any atom is 0.257 e. The Labute approximate surface area is 103 Å². The molecule has 6 nitrogen and oxygen atoms in total. The summed E-state index contributed by atoms with van der Waals surface area (Å²) in [7, 11) is 0. The van der Waals surface area contributed by atoms with Crippen molar-refractivity contribution in [1.82, 2.24) is 15.5 Å². The molecule has 0 unspecified atom stereocenters. The molecule has 2 N–H and O–H groups in total. The lowest BCUT2D eigenvalue weighted by Gasteiger charge is -2.03. The van der Waals surface area contributed by atoms with Crippen LogP contribution in [0.1, 0.15) is 27.4 Å². The number of pyridine rings is 1. The smallest absolute Gasteiger partial charge is 0.257 e. The molecule has 0 saturated carbocycles. The first kappa shape index (κ1) is 12.1. The summed E-state index contributed by atoms with van der Waals surface area (Å²) in [5.74, 6) is 0.242. The first-order valence-corrected chi connectivity index (χ1v) is 5.46. The summed E-state index contributed by atoms with van der Waals surface area (Å²) >= 11 is 0. The lowest BCUT2D eigenvalue weighted by atomic mass is 10.2. The molecule has 2 aromatic rings. The zero-order valence-corrected chi connectivity index (χ0v) is 10.1. The summed E-state index contributed by atoms with van der Waals surface area (Å²) in [6.45, 7) is 3.86. The molecule has 0 atom stereocenters. The zero-order valence-electron chi connectivity index (χ0n) is 10.1. The van der Waals surface area contributed by atoms with Gasteiger partial charge in [-0.1, -0.05) is 5.16 Å². The van der Waals surface area contributed by atoms with Crippen LogP contribution in [-0.2, 0) is 6.54 Å². The van der Waals surface area contributed by atoms with Gasteiger partial charge in [-0.25, -0.2) is 0 Å². The molecule has 0 fully saturated rings. The Morgan fingerprint density at radius 3 is 2.89 bits per heavy atom. The second-order valence-corrected chi connectivity index (χ2v) is 3.91. The highest BCUT2D eigenvalue weighted by Crippen LogP contribution is 2.11. The molecule has 2 aromatic heterocycles. The van der Waals surface area contributed by atoms with Crippen LogP contribution < -0.4 is 10.7 Å². The number of amides is 1. The van der Waals surface area contributed by atoms with Gasteiger partial charge in [-0.05, 0) is 13.8 Å². The van der Waals surface area contributed by atoms with Crippen molar-refractivity contribution in [1.29, 1.82) is 0 Å². The van der Waals surface area contributed by atoms with E-state index in [9.17, 15) is 9.59 Å². The fourth-order valence-electron chi connectivity index (χ4n) is 1.61. The Morgan fingerprint density at radius 1 is 1.50 bits per heavy atom. The maximum absolute atomic E-state index is 11.8. The fourth-order valence-corrected chi connectivity index (χ4v) is 1.61. The van der Waals surface area contributed by atoms with E-state index in [1.807, 2.05) is 0 Å². The summed E-state index contributed by atoms with van der Waals surface area (Å²) in [6.07, 6.45) is 2.86. The van der Waals surface area contributed by atoms with Crippen LogP contribution in [0.4, 0.5) is 0 Å². The molecular weight excluding hydrogens is 234 g/mol. The minimum Gasteiger partial charge on any atom is -0.367 e. The van der Waals surface area contributed by atoms with Gasteiger partial charge < -0.3 is 14.8 Å². The minimum absolute atomic E-state index is 0.0873. The number of H-pyrrole nitrogens is 1. The highest BCUT2D eigenvalue weighted by molar-refractivity contribution is 5.93. The summed E-state index contributed by atoms with van der Waals surface area (Å²) in [5.41, 5.74) is 1.33. The molecule has 0 aliphatic rings. The van der Waals surface area contributed by atoms with Crippen molar-refractivity contribution < 1.29 is 9.32 Å². The highest BCUT2D eigenvalue weighted by atomic mass is 16.5. The molecule has 0 saturated heterocycles. The third-order valence-corrected chi connectivity index (χ3v) is 2.68. The monoisotopic (exact) mass is 247 g/mol. The van der Waals surface area contributed by atoms with Crippen LogP contribution in [0.15, 0.2) is 27.8 Å². The van der Waals surface area contributed by atoms with E-state index >= 15 is 0 Å². The number of aryl methyl sites for hydroxylation is 2. The van der Waals surface area contributed by atoms with E-state index in [1.165, 1.54) is 18.5 Å². The number of aromatic nitrogens is 2. The van der Waals surface area contributed by atoms with E-state index < -0.39 is 5.91 Å². The van der Waals surface area contributed by atoms with Crippen molar-refractivity contribution in [2.45, 2.75) is 20.4 Å². The van der Waals surface area contributed by atoms with E-state index in [2.05, 4.69) is 15.5 Å². The molecule has 94 valence electrons. The molecule has 1 amide bonds. The van der Waals surface area contributed by atoms with Gasteiger partial charge >= 0.3 is 0 Å². The van der Waals surface area contributed by atoms with Gasteiger partial charge in [-0.3, -0.25) is 9.59 Å². The Hall–Kier alpha value is -2.37. The minimum atomic E-state index is -0.420. The molecule has 6 heteroatoms. The van der Waals surface area contributed by atoms with Gasteiger partial charge in [0.05, 0.1) is 5.69 Å². The van der Waals surface area contributed by atoms with E-state index in [4.69, 9.17) is 4.52 Å². The third kappa shape index (κ3) is 2.32. The quantitative estimate of drug-likeness (QED) is 0.843. The highest BCUT2D eigenvalue weighted by Gasteiger charge is 2.13. The first-order valence-electron chi connectivity index (χ1n) is 5.46. The number of carbonyl (C=O) groups excluding carboxylic acids is 1. The molecule has 0 aromatic carbocycles. The van der Waals surface area contributed by atoms with Crippen molar-refractivity contribution in [2.24, 2.45) is 0 Å². The van der Waals surface area contributed by atoms with Crippen LogP contribution in [0.25, 0.3) is 0 Å². The van der Waals surface area contributed by atoms with Gasteiger partial charge in [-0.2, -0.15) is 0 Å². The van der Waals surface area contributed by atoms with Crippen LogP contribution in [0.3, 0.4) is 0 Å². The molecule has 0 radical (unpaired) electrons. The Bertz CT molecular complexity index is 608. The lowest BCUT2D eigenvalue weighted by Crippen LogP contribution is -2.28. The average Bonchev–Trinajstić information content (AvgIpc) is 2.67. The number of nitrogens with zero attached hydrogens (tertiary/aromatic N) is 1. The van der Waals surface area contributed by atoms with Gasteiger partial charge in [0.2, 0.25) is 0 Å². The van der Waals surface area contributed by atoms with Crippen LogP contribution in [-0.4, -0.2) is 16.0 Å². The second-order valence-electron chi connectivity index (χ2n) is 3.91. The Kier molecular flexibility index (Phi) is 3.27. The maximum atomic E-state index is 11.8. The molecule has 2 rings (SSSR count). The number of nitrogens with one attached hydrogen (secondary N) is 2. The number of aromatic amines is 1. The van der Waals surface area contributed by atoms with Gasteiger partial charge in [-0.15, -0.1) is 0 Å². The van der Waals surface area contributed by atoms with Crippen molar-refractivity contribution in [3.8, 4) is 0 Å². The Balaban J connectivity index is 2.10. The third-order valence-electron chi connectivity index (χ3n) is 2.68. The average molecular weight is 247 g/mol. The molecule has 0 spiro atoms. The van der Waals surface area contributed by atoms with Crippen LogP contribution >= 0.6 is 0 Å². The predicted octanol–water partition coefficient (Wildman–Crippen LogP) is 0.910. The SMILES string of the molecule is Cc1noc(C)c1CNC(=O)c1c[nH]ccc1=O. The van der Waals surface area contributed by atoms with Crippen molar-refractivity contribution in [2.75, 3.05) is 0 Å². The molecule has 18 heavy (non-hydrogen) atoms. The van der Waals surface area contributed by atoms with E-state index in [1.54, 1.807) is 13.8 Å². The topological polar surface area (TPSA) is 88.0 Å². The fraction of sp³-hybridized carbons (Fsp3) is 0.250. The van der Waals surface area contributed by atoms with Crippen molar-refractivity contribution >= 4 is 5.91 Å². The number of rotatable bonds is 3. The van der Waals surface area contributed by atoms with Gasteiger partial charge in [0.25, 0.3) is 5.91 Å². The molecule has 0 bridgehead atoms. The standard InChI is InChI=1S/C12H13N3O3/c1-7-9(8(2)18-15-7)6-14-12(17)10-5-13-4-3-11(10)16/h3-5H,6H2,1-2H3,(H,13,16)(H,14,17). The molecular formula is C12H13N3O3. The second kappa shape index (κ2) is 4.87. The lowest BCUT2D eigenvalue weighted by molar-refractivity contribution is 0.0949. The molecule has 0 aliphatic heterocycles. The largest absolute Gasteiger partial charge is 0.367 e. The molecule has 2 heterocycles. The van der Waals surface area contributed by atoms with Gasteiger partial charge in [0.15, 0.2) is 5.43 Å². The summed E-state index contributed by atoms with van der Waals surface area (Å²) in [5, 5.41) is 6.46. The normalized spacial score (nSPS) is 10.3. The predicted molar refractivity (Wildman–Crippen MR) is 64.2 cm³/mol. The first-order chi connectivity index (χ1) is 8.59. The van der Waals surface area contributed by atoms with Crippen LogP contribution in [0.2, 0.25) is 0 Å². The van der Waals surface area contributed by atoms with Gasteiger partial charge in [0, 0.05) is 30.6 Å². The van der Waals surface area contributed by atoms with Crippen LogP contribution in [0, 0.1) is 13.8 Å². The van der Waals surface area contributed by atoms with E-state index in [0.29, 0.717) is 5.76 Å². The Morgan fingerprint density at radius 2 is 2.28 bits per heavy atom. The zero-order chi connectivity index (χ0) is 13.1. The number of carbonyl (C=O) groups is 1. The van der Waals surface area contributed by atoms with Crippen molar-refractivity contribution in [3.05, 3.63) is 51.3 Å². The number of hydrogen-bond donors (Lipinski definition) is 2.